The molecular formula is C15H25N3O. The Morgan fingerprint density at radius 2 is 1.95 bits per heavy atom. The van der Waals surface area contributed by atoms with Gasteiger partial charge in [-0.3, -0.25) is 0 Å². The van der Waals surface area contributed by atoms with Crippen LogP contribution in [0.3, 0.4) is 0 Å². The predicted octanol–water partition coefficient (Wildman–Crippen LogP) is 2.89. The molecule has 0 spiro atoms. The van der Waals surface area contributed by atoms with Crippen molar-refractivity contribution in [3.8, 4) is 0 Å². The summed E-state index contributed by atoms with van der Waals surface area (Å²) in [7, 11) is 0. The fourth-order valence-electron chi connectivity index (χ4n) is 1.86. The minimum absolute atomic E-state index is 0.0828. The van der Waals surface area contributed by atoms with Crippen molar-refractivity contribution in [1.82, 2.24) is 5.32 Å². The van der Waals surface area contributed by atoms with Crippen molar-refractivity contribution in [2.24, 2.45) is 16.3 Å². The molecule has 4 N–H and O–H groups in total. The highest BCUT2D eigenvalue weighted by Crippen LogP contribution is 2.20. The second-order valence-electron chi connectivity index (χ2n) is 6.02. The van der Waals surface area contributed by atoms with Crippen molar-refractivity contribution in [1.29, 1.82) is 0 Å². The molecule has 1 aromatic carbocycles. The molecule has 1 atom stereocenters. The van der Waals surface area contributed by atoms with Crippen LogP contribution in [0, 0.1) is 5.41 Å². The van der Waals surface area contributed by atoms with Crippen LogP contribution in [0.25, 0.3) is 0 Å². The molecule has 0 aliphatic rings. The third-order valence-corrected chi connectivity index (χ3v) is 3.01. The van der Waals surface area contributed by atoms with E-state index >= 15 is 0 Å². The van der Waals surface area contributed by atoms with Gasteiger partial charge in [-0.1, -0.05) is 56.3 Å². The number of nitrogens with zero attached hydrogens (tertiary/aromatic N) is 1. The molecule has 0 heterocycles. The number of nitrogens with two attached hydrogens (primary N) is 1. The minimum Gasteiger partial charge on any atom is -0.409 e. The van der Waals surface area contributed by atoms with Crippen LogP contribution in [0.2, 0.25) is 0 Å². The molecule has 0 saturated heterocycles. The maximum atomic E-state index is 8.72. The van der Waals surface area contributed by atoms with E-state index in [1.807, 2.05) is 18.2 Å². The van der Waals surface area contributed by atoms with Crippen LogP contribution in [0.1, 0.15) is 45.2 Å². The van der Waals surface area contributed by atoms with E-state index in [1.165, 1.54) is 0 Å². The molecular weight excluding hydrogens is 238 g/mol. The molecule has 106 valence electrons. The maximum absolute atomic E-state index is 8.72. The van der Waals surface area contributed by atoms with Gasteiger partial charge in [-0.15, -0.1) is 0 Å². The van der Waals surface area contributed by atoms with Crippen LogP contribution in [-0.4, -0.2) is 17.6 Å². The van der Waals surface area contributed by atoms with Gasteiger partial charge >= 0.3 is 0 Å². The van der Waals surface area contributed by atoms with Gasteiger partial charge in [0, 0.05) is 12.5 Å². The molecule has 0 amide bonds. The van der Waals surface area contributed by atoms with Gasteiger partial charge in [0.1, 0.15) is 5.84 Å². The molecule has 0 fully saturated rings. The van der Waals surface area contributed by atoms with Gasteiger partial charge in [-0.05, 0) is 23.9 Å². The Kier molecular flexibility index (Phi) is 5.83. The molecule has 4 nitrogen and oxygen atoms in total. The highest BCUT2D eigenvalue weighted by molar-refractivity contribution is 5.80. The largest absolute Gasteiger partial charge is 0.409 e. The molecule has 0 radical (unpaired) electrons. The Morgan fingerprint density at radius 3 is 2.47 bits per heavy atom. The zero-order valence-electron chi connectivity index (χ0n) is 12.1. The van der Waals surface area contributed by atoms with Crippen LogP contribution in [0.5, 0.6) is 0 Å². The molecule has 19 heavy (non-hydrogen) atoms. The third kappa shape index (κ3) is 6.25. The first kappa shape index (κ1) is 15.5. The Labute approximate surface area is 115 Å². The number of hydrogen-bond donors (Lipinski definition) is 3. The summed E-state index contributed by atoms with van der Waals surface area (Å²) in [5.41, 5.74) is 7.08. The molecule has 0 aliphatic heterocycles. The summed E-state index contributed by atoms with van der Waals surface area (Å²) in [6.45, 7) is 7.56. The Hall–Kier alpha value is -1.55. The van der Waals surface area contributed by atoms with Gasteiger partial charge in [0.2, 0.25) is 0 Å². The summed E-state index contributed by atoms with van der Waals surface area (Å²) in [5.74, 6) is 0.247. The van der Waals surface area contributed by atoms with Gasteiger partial charge in [0.05, 0.1) is 0 Å². The summed E-state index contributed by atoms with van der Waals surface area (Å²) in [6.07, 6.45) is 1.58. The fourth-order valence-corrected chi connectivity index (χ4v) is 1.86. The van der Waals surface area contributed by atoms with Gasteiger partial charge in [0.25, 0.3) is 0 Å². The second kappa shape index (κ2) is 7.14. The molecule has 4 heteroatoms. The molecule has 0 bridgehead atoms. The van der Waals surface area contributed by atoms with E-state index in [2.05, 4.69) is 43.4 Å². The fraction of sp³-hybridized carbons (Fsp3) is 0.533. The third-order valence-electron chi connectivity index (χ3n) is 3.01. The molecule has 0 saturated carbocycles. The van der Waals surface area contributed by atoms with Gasteiger partial charge in [-0.25, -0.2) is 0 Å². The Bertz CT molecular complexity index is 396. The average Bonchev–Trinajstić information content (AvgIpc) is 2.37. The minimum atomic E-state index is 0.0828. The van der Waals surface area contributed by atoms with Gasteiger partial charge < -0.3 is 16.3 Å². The summed E-state index contributed by atoms with van der Waals surface area (Å²) >= 11 is 0. The molecule has 0 aliphatic carbocycles. The van der Waals surface area contributed by atoms with Crippen LogP contribution in [0.4, 0.5) is 0 Å². The highest BCUT2D eigenvalue weighted by atomic mass is 16.4. The molecule has 1 aromatic rings. The van der Waals surface area contributed by atoms with Crippen molar-refractivity contribution in [2.75, 3.05) is 6.54 Å². The normalized spacial score (nSPS) is 14.4. The summed E-state index contributed by atoms with van der Waals surface area (Å²) in [6, 6.07) is 10.2. The van der Waals surface area contributed by atoms with E-state index in [0.717, 1.165) is 18.5 Å². The first-order chi connectivity index (χ1) is 8.92. The number of rotatable bonds is 6. The van der Waals surface area contributed by atoms with Crippen molar-refractivity contribution >= 4 is 5.84 Å². The lowest BCUT2D eigenvalue weighted by atomic mass is 9.92. The van der Waals surface area contributed by atoms with Crippen LogP contribution in [0.15, 0.2) is 35.5 Å². The van der Waals surface area contributed by atoms with Crippen molar-refractivity contribution < 1.29 is 5.21 Å². The lowest BCUT2D eigenvalue weighted by molar-refractivity contribution is 0.314. The zero-order valence-corrected chi connectivity index (χ0v) is 12.1. The summed E-state index contributed by atoms with van der Waals surface area (Å²) in [4.78, 5) is 0. The zero-order chi connectivity index (χ0) is 14.3. The van der Waals surface area contributed by atoms with Crippen molar-refractivity contribution in [3.63, 3.8) is 0 Å². The van der Waals surface area contributed by atoms with Crippen LogP contribution < -0.4 is 11.1 Å². The SMILES string of the molecule is CC(C)(C)CCNC(C/C(N)=N/O)c1ccccc1. The van der Waals surface area contributed by atoms with E-state index in [4.69, 9.17) is 10.9 Å². The van der Waals surface area contributed by atoms with E-state index in [-0.39, 0.29) is 11.9 Å². The maximum Gasteiger partial charge on any atom is 0.141 e. The van der Waals surface area contributed by atoms with Crippen LogP contribution in [-0.2, 0) is 0 Å². The average molecular weight is 263 g/mol. The van der Waals surface area contributed by atoms with Crippen molar-refractivity contribution in [2.45, 2.75) is 39.7 Å². The number of oxime groups is 1. The second-order valence-corrected chi connectivity index (χ2v) is 6.02. The van der Waals surface area contributed by atoms with E-state index in [0.29, 0.717) is 11.8 Å². The number of benzene rings is 1. The Balaban J connectivity index is 2.65. The smallest absolute Gasteiger partial charge is 0.141 e. The lowest BCUT2D eigenvalue weighted by Crippen LogP contribution is -2.29. The molecule has 0 aromatic heterocycles. The molecule has 1 rings (SSSR count). The highest BCUT2D eigenvalue weighted by Gasteiger charge is 2.15. The van der Waals surface area contributed by atoms with E-state index < -0.39 is 0 Å². The quantitative estimate of drug-likeness (QED) is 0.320. The lowest BCUT2D eigenvalue weighted by Gasteiger charge is -2.23. The number of nitrogens with one attached hydrogen (secondary N) is 1. The summed E-state index contributed by atoms with van der Waals surface area (Å²) < 4.78 is 0. The standard InChI is InChI=1S/C15H25N3O/c1-15(2,3)9-10-17-13(11-14(16)18-19)12-7-5-4-6-8-12/h4-8,13,17,19H,9-11H2,1-3H3,(H2,16,18). The van der Waals surface area contributed by atoms with Crippen molar-refractivity contribution in [3.05, 3.63) is 35.9 Å². The van der Waals surface area contributed by atoms with E-state index in [9.17, 15) is 0 Å². The monoisotopic (exact) mass is 263 g/mol. The number of hydrogen-bond acceptors (Lipinski definition) is 3. The predicted molar refractivity (Wildman–Crippen MR) is 79.3 cm³/mol. The Morgan fingerprint density at radius 1 is 1.32 bits per heavy atom. The topological polar surface area (TPSA) is 70.6 Å². The first-order valence-corrected chi connectivity index (χ1v) is 6.67. The first-order valence-electron chi connectivity index (χ1n) is 6.67. The molecule has 1 unspecified atom stereocenters. The van der Waals surface area contributed by atoms with Crippen LogP contribution >= 0.6 is 0 Å². The summed E-state index contributed by atoms with van der Waals surface area (Å²) in [5, 5.41) is 15.3. The van der Waals surface area contributed by atoms with Gasteiger partial charge in [-0.2, -0.15) is 0 Å². The van der Waals surface area contributed by atoms with E-state index in [1.54, 1.807) is 0 Å². The number of amidine groups is 1. The van der Waals surface area contributed by atoms with Gasteiger partial charge in [0.15, 0.2) is 0 Å².